The van der Waals surface area contributed by atoms with Crippen molar-refractivity contribution in [2.75, 3.05) is 0 Å². The third-order valence-electron chi connectivity index (χ3n) is 2.57. The number of nitrogens with zero attached hydrogens (tertiary/aromatic N) is 3. The molecule has 2 rings (SSSR count). The molecule has 0 saturated heterocycles. The Hall–Kier alpha value is -2.01. The Labute approximate surface area is 109 Å². The van der Waals surface area contributed by atoms with Crippen molar-refractivity contribution in [2.45, 2.75) is 13.3 Å². The van der Waals surface area contributed by atoms with Crippen molar-refractivity contribution in [1.29, 1.82) is 0 Å². The lowest BCUT2D eigenvalue weighted by atomic mass is 10.1. The molecule has 6 heteroatoms. The number of hydrogen-bond donors (Lipinski definition) is 0. The highest BCUT2D eigenvalue weighted by atomic mass is 35.5. The molecule has 0 fully saturated rings. The standard InChI is InChI=1S/C12H10ClN3O2/c1-2-8-4-3-5-9(6-8)10-11(16(17)18)12(13)15-7-14-10/h3-7H,2H2,1H3. The molecule has 1 heterocycles. The van der Waals surface area contributed by atoms with Crippen LogP contribution < -0.4 is 0 Å². The van der Waals surface area contributed by atoms with Crippen molar-refractivity contribution >= 4 is 17.3 Å². The summed E-state index contributed by atoms with van der Waals surface area (Å²) in [6.45, 7) is 2.01. The second kappa shape index (κ2) is 5.10. The molecule has 0 atom stereocenters. The maximum absolute atomic E-state index is 11.0. The SMILES string of the molecule is CCc1cccc(-c2ncnc(Cl)c2[N+](=O)[O-])c1. The van der Waals surface area contributed by atoms with E-state index < -0.39 is 4.92 Å². The number of benzene rings is 1. The molecule has 0 unspecified atom stereocenters. The van der Waals surface area contributed by atoms with E-state index >= 15 is 0 Å². The quantitative estimate of drug-likeness (QED) is 0.484. The maximum atomic E-state index is 11.0. The fraction of sp³-hybridized carbons (Fsp3) is 0.167. The molecule has 2 aromatic rings. The van der Waals surface area contributed by atoms with Crippen LogP contribution in [-0.4, -0.2) is 14.9 Å². The minimum atomic E-state index is -0.559. The van der Waals surface area contributed by atoms with E-state index in [-0.39, 0.29) is 16.5 Å². The molecule has 0 radical (unpaired) electrons. The van der Waals surface area contributed by atoms with Crippen LogP contribution in [0, 0.1) is 10.1 Å². The second-order valence-electron chi connectivity index (χ2n) is 3.67. The molecule has 0 bridgehead atoms. The minimum absolute atomic E-state index is 0.146. The summed E-state index contributed by atoms with van der Waals surface area (Å²) >= 11 is 5.76. The third-order valence-corrected chi connectivity index (χ3v) is 2.85. The predicted octanol–water partition coefficient (Wildman–Crippen LogP) is 3.27. The van der Waals surface area contributed by atoms with Gasteiger partial charge in [-0.2, -0.15) is 0 Å². The molecule has 0 saturated carbocycles. The number of aryl methyl sites for hydroxylation is 1. The van der Waals surface area contributed by atoms with Gasteiger partial charge in [-0.05, 0) is 18.1 Å². The largest absolute Gasteiger partial charge is 0.332 e. The first-order chi connectivity index (χ1) is 8.63. The van der Waals surface area contributed by atoms with Crippen LogP contribution >= 0.6 is 11.6 Å². The normalized spacial score (nSPS) is 10.3. The molecule has 92 valence electrons. The van der Waals surface area contributed by atoms with Gasteiger partial charge in [0.15, 0.2) is 5.69 Å². The molecular formula is C12H10ClN3O2. The summed E-state index contributed by atoms with van der Waals surface area (Å²) in [5.74, 6) is 0. The first kappa shape index (κ1) is 12.4. The third kappa shape index (κ3) is 2.31. The molecule has 0 aliphatic carbocycles. The monoisotopic (exact) mass is 263 g/mol. The van der Waals surface area contributed by atoms with Crippen molar-refractivity contribution < 1.29 is 4.92 Å². The first-order valence-corrected chi connectivity index (χ1v) is 5.75. The summed E-state index contributed by atoms with van der Waals surface area (Å²) in [5.41, 5.74) is 1.74. The molecule has 0 aliphatic heterocycles. The highest BCUT2D eigenvalue weighted by Crippen LogP contribution is 2.32. The van der Waals surface area contributed by atoms with Crippen molar-refractivity contribution in [3.05, 3.63) is 51.4 Å². The fourth-order valence-corrected chi connectivity index (χ4v) is 1.87. The van der Waals surface area contributed by atoms with Crippen molar-refractivity contribution in [2.24, 2.45) is 0 Å². The number of hydrogen-bond acceptors (Lipinski definition) is 4. The van der Waals surface area contributed by atoms with Gasteiger partial charge < -0.3 is 0 Å². The van der Waals surface area contributed by atoms with Crippen molar-refractivity contribution in [3.63, 3.8) is 0 Å². The van der Waals surface area contributed by atoms with Crippen molar-refractivity contribution in [1.82, 2.24) is 9.97 Å². The Bertz CT molecular complexity index is 602. The van der Waals surface area contributed by atoms with Crippen LogP contribution in [0.1, 0.15) is 12.5 Å². The molecule has 1 aromatic heterocycles. The van der Waals surface area contributed by atoms with Crippen molar-refractivity contribution in [3.8, 4) is 11.3 Å². The van der Waals surface area contributed by atoms with Crippen LogP contribution in [0.25, 0.3) is 11.3 Å². The van der Waals surface area contributed by atoms with Gasteiger partial charge in [0.25, 0.3) is 0 Å². The van der Waals surface area contributed by atoms with Gasteiger partial charge in [0.2, 0.25) is 5.15 Å². The minimum Gasteiger partial charge on any atom is -0.258 e. The van der Waals surface area contributed by atoms with Gasteiger partial charge in [0.05, 0.1) is 4.92 Å². The lowest BCUT2D eigenvalue weighted by Crippen LogP contribution is -1.98. The smallest absolute Gasteiger partial charge is 0.258 e. The van der Waals surface area contributed by atoms with Crippen LogP contribution in [0.5, 0.6) is 0 Å². The van der Waals surface area contributed by atoms with E-state index in [1.807, 2.05) is 25.1 Å². The molecule has 0 spiro atoms. The van der Waals surface area contributed by atoms with Crippen LogP contribution in [0.4, 0.5) is 5.69 Å². The zero-order chi connectivity index (χ0) is 13.1. The van der Waals surface area contributed by atoms with E-state index in [9.17, 15) is 10.1 Å². The Morgan fingerprint density at radius 3 is 2.83 bits per heavy atom. The number of halogens is 1. The highest BCUT2D eigenvalue weighted by Gasteiger charge is 2.22. The first-order valence-electron chi connectivity index (χ1n) is 5.37. The van der Waals surface area contributed by atoms with E-state index in [0.717, 1.165) is 12.0 Å². The molecule has 1 aromatic carbocycles. The van der Waals surface area contributed by atoms with E-state index in [0.29, 0.717) is 5.56 Å². The van der Waals surface area contributed by atoms with Gasteiger partial charge in [-0.15, -0.1) is 0 Å². The summed E-state index contributed by atoms with van der Waals surface area (Å²) in [4.78, 5) is 18.1. The fourth-order valence-electron chi connectivity index (χ4n) is 1.67. The molecule has 18 heavy (non-hydrogen) atoms. The van der Waals surface area contributed by atoms with Crippen LogP contribution in [0.15, 0.2) is 30.6 Å². The molecule has 5 nitrogen and oxygen atoms in total. The van der Waals surface area contributed by atoms with Gasteiger partial charge in [-0.25, -0.2) is 9.97 Å². The van der Waals surface area contributed by atoms with Crippen LogP contribution in [-0.2, 0) is 6.42 Å². The van der Waals surface area contributed by atoms with Gasteiger partial charge in [-0.3, -0.25) is 10.1 Å². The van der Waals surface area contributed by atoms with Gasteiger partial charge in [0, 0.05) is 5.56 Å². The second-order valence-corrected chi connectivity index (χ2v) is 4.03. The highest BCUT2D eigenvalue weighted by molar-refractivity contribution is 6.31. The Balaban J connectivity index is 2.63. The van der Waals surface area contributed by atoms with Gasteiger partial charge in [0.1, 0.15) is 6.33 Å². The van der Waals surface area contributed by atoms with E-state index in [4.69, 9.17) is 11.6 Å². The Morgan fingerprint density at radius 2 is 2.17 bits per heavy atom. The summed E-state index contributed by atoms with van der Waals surface area (Å²) in [6.07, 6.45) is 2.07. The predicted molar refractivity (Wildman–Crippen MR) is 68.5 cm³/mol. The summed E-state index contributed by atoms with van der Waals surface area (Å²) in [5, 5.41) is 10.9. The maximum Gasteiger partial charge on any atom is 0.332 e. The molecule has 0 N–H and O–H groups in total. The summed E-state index contributed by atoms with van der Waals surface area (Å²) in [6, 6.07) is 7.43. The van der Waals surface area contributed by atoms with Gasteiger partial charge >= 0.3 is 5.69 Å². The zero-order valence-corrected chi connectivity index (χ0v) is 10.4. The average Bonchev–Trinajstić information content (AvgIpc) is 2.38. The zero-order valence-electron chi connectivity index (χ0n) is 9.63. The number of nitro groups is 1. The van der Waals surface area contributed by atoms with Gasteiger partial charge in [-0.1, -0.05) is 36.7 Å². The Morgan fingerprint density at radius 1 is 1.39 bits per heavy atom. The molecule has 0 amide bonds. The lowest BCUT2D eigenvalue weighted by molar-refractivity contribution is -0.384. The van der Waals surface area contributed by atoms with Crippen LogP contribution in [0.2, 0.25) is 5.15 Å². The summed E-state index contributed by atoms with van der Waals surface area (Å²) < 4.78 is 0. The van der Waals surface area contributed by atoms with E-state index in [1.165, 1.54) is 6.33 Å². The molecular weight excluding hydrogens is 254 g/mol. The van der Waals surface area contributed by atoms with E-state index in [1.54, 1.807) is 6.07 Å². The number of rotatable bonds is 3. The average molecular weight is 264 g/mol. The van der Waals surface area contributed by atoms with E-state index in [2.05, 4.69) is 9.97 Å². The molecule has 0 aliphatic rings. The Kier molecular flexibility index (Phi) is 3.53. The van der Waals surface area contributed by atoms with Crippen LogP contribution in [0.3, 0.4) is 0 Å². The topological polar surface area (TPSA) is 68.9 Å². The summed E-state index contributed by atoms with van der Waals surface area (Å²) in [7, 11) is 0. The lowest BCUT2D eigenvalue weighted by Gasteiger charge is -2.04. The number of aromatic nitrogens is 2.